The van der Waals surface area contributed by atoms with Gasteiger partial charge in [-0.25, -0.2) is 15.6 Å². The maximum atomic E-state index is 11.6. The monoisotopic (exact) mass is 220 g/mol. The summed E-state index contributed by atoms with van der Waals surface area (Å²) in [5.74, 6) is 0. The Morgan fingerprint density at radius 3 is 2.06 bits per heavy atom. The molecule has 0 atom stereocenters. The Balaban J connectivity index is 2.30. The number of carbonyl (C=O) groups excluding carboxylic acids is 1. The van der Waals surface area contributed by atoms with E-state index in [-0.39, 0.29) is 6.03 Å². The van der Waals surface area contributed by atoms with E-state index in [9.17, 15) is 4.79 Å². The second kappa shape index (κ2) is 3.77. The van der Waals surface area contributed by atoms with Gasteiger partial charge in [0.05, 0.1) is 0 Å². The van der Waals surface area contributed by atoms with Crippen LogP contribution in [0, 0.1) is 0 Å². The third-order valence-electron chi connectivity index (χ3n) is 2.71. The molecule has 1 aliphatic heterocycles. The van der Waals surface area contributed by atoms with Gasteiger partial charge in [0.25, 0.3) is 0 Å². The molecule has 0 unspecified atom stereocenters. The number of urea groups is 1. The van der Waals surface area contributed by atoms with Crippen LogP contribution in [0.3, 0.4) is 0 Å². The Labute approximate surface area is 95.0 Å². The van der Waals surface area contributed by atoms with E-state index in [4.69, 9.17) is 0 Å². The van der Waals surface area contributed by atoms with Gasteiger partial charge in [-0.2, -0.15) is 0 Å². The summed E-state index contributed by atoms with van der Waals surface area (Å²) in [4.78, 5) is 11.6. The van der Waals surface area contributed by atoms with Crippen molar-refractivity contribution in [3.05, 3.63) is 35.9 Å². The summed E-state index contributed by atoms with van der Waals surface area (Å²) in [6.45, 7) is 1.99. The second-order valence-corrected chi connectivity index (χ2v) is 4.12. The Morgan fingerprint density at radius 1 is 1.06 bits per heavy atom. The molecule has 0 radical (unpaired) electrons. The molecule has 5 heteroatoms. The van der Waals surface area contributed by atoms with Crippen molar-refractivity contribution < 1.29 is 4.79 Å². The Morgan fingerprint density at radius 2 is 1.56 bits per heavy atom. The van der Waals surface area contributed by atoms with Crippen LogP contribution in [0.4, 0.5) is 4.79 Å². The number of rotatable bonds is 1. The molecule has 5 nitrogen and oxygen atoms in total. The number of benzene rings is 1. The van der Waals surface area contributed by atoms with Crippen molar-refractivity contribution in [1.29, 1.82) is 0 Å². The molecule has 0 aliphatic carbocycles. The summed E-state index contributed by atoms with van der Waals surface area (Å²) >= 11 is 0. The fourth-order valence-corrected chi connectivity index (χ4v) is 1.92. The molecule has 1 fully saturated rings. The molecule has 2 N–H and O–H groups in total. The topological polar surface area (TPSA) is 47.6 Å². The number of nitrogens with zero attached hydrogens (tertiary/aromatic N) is 2. The lowest BCUT2D eigenvalue weighted by molar-refractivity contribution is 0.00834. The molecule has 0 spiro atoms. The molecule has 0 bridgehead atoms. The molecule has 86 valence electrons. The van der Waals surface area contributed by atoms with Gasteiger partial charge in [-0.1, -0.05) is 30.3 Å². The zero-order valence-electron chi connectivity index (χ0n) is 9.69. The van der Waals surface area contributed by atoms with E-state index >= 15 is 0 Å². The summed E-state index contributed by atoms with van der Waals surface area (Å²) in [7, 11) is 3.42. The van der Waals surface area contributed by atoms with Crippen LogP contribution >= 0.6 is 0 Å². The van der Waals surface area contributed by atoms with Crippen LogP contribution in [-0.2, 0) is 5.66 Å². The molecule has 0 saturated carbocycles. The molecule has 0 aromatic heterocycles. The van der Waals surface area contributed by atoms with Crippen LogP contribution in [0.25, 0.3) is 0 Å². The summed E-state index contributed by atoms with van der Waals surface area (Å²) in [6.07, 6.45) is 0. The van der Waals surface area contributed by atoms with Gasteiger partial charge in [0, 0.05) is 14.1 Å². The standard InChI is InChI=1S/C11H16N4O/c1-11(9-7-5-4-6-8-9)12-14(2)10(16)15(3)13-11/h4-8,12-13H,1-3H3. The predicted octanol–water partition coefficient (Wildman–Crippen LogP) is 0.866. The van der Waals surface area contributed by atoms with Gasteiger partial charge in [0.2, 0.25) is 0 Å². The Hall–Kier alpha value is -1.59. The summed E-state index contributed by atoms with van der Waals surface area (Å²) in [6, 6.07) is 9.82. The van der Waals surface area contributed by atoms with Gasteiger partial charge in [0.1, 0.15) is 5.66 Å². The van der Waals surface area contributed by atoms with Gasteiger partial charge in [-0.3, -0.25) is 10.0 Å². The second-order valence-electron chi connectivity index (χ2n) is 4.12. The zero-order chi connectivity index (χ0) is 11.8. The number of hydrogen-bond acceptors (Lipinski definition) is 3. The van der Waals surface area contributed by atoms with E-state index in [1.165, 1.54) is 10.0 Å². The van der Waals surface area contributed by atoms with Crippen molar-refractivity contribution in [2.24, 2.45) is 0 Å². The van der Waals surface area contributed by atoms with E-state index in [0.717, 1.165) is 5.56 Å². The number of amides is 2. The first-order valence-corrected chi connectivity index (χ1v) is 5.15. The minimum atomic E-state index is -0.474. The maximum Gasteiger partial charge on any atom is 0.348 e. The SMILES string of the molecule is CN1NC(C)(c2ccccc2)NN(C)C1=O. The van der Waals surface area contributed by atoms with Crippen molar-refractivity contribution in [2.75, 3.05) is 14.1 Å². The quantitative estimate of drug-likeness (QED) is 0.738. The first-order valence-electron chi connectivity index (χ1n) is 5.15. The molecule has 1 aliphatic rings. The highest BCUT2D eigenvalue weighted by molar-refractivity contribution is 5.73. The molecule has 2 rings (SSSR count). The largest absolute Gasteiger partial charge is 0.348 e. The minimum Gasteiger partial charge on any atom is -0.260 e. The van der Waals surface area contributed by atoms with Gasteiger partial charge < -0.3 is 0 Å². The smallest absolute Gasteiger partial charge is 0.260 e. The zero-order valence-corrected chi connectivity index (χ0v) is 9.69. The van der Waals surface area contributed by atoms with E-state index in [1.807, 2.05) is 37.3 Å². The van der Waals surface area contributed by atoms with Gasteiger partial charge in [-0.15, -0.1) is 0 Å². The fourth-order valence-electron chi connectivity index (χ4n) is 1.92. The van der Waals surface area contributed by atoms with Crippen molar-refractivity contribution in [3.63, 3.8) is 0 Å². The third kappa shape index (κ3) is 1.75. The molecule has 1 saturated heterocycles. The first kappa shape index (κ1) is 10.9. The number of hydrogen-bond donors (Lipinski definition) is 2. The summed E-state index contributed by atoms with van der Waals surface area (Å²) in [5.41, 5.74) is 6.84. The van der Waals surface area contributed by atoms with Crippen molar-refractivity contribution >= 4 is 6.03 Å². The first-order chi connectivity index (χ1) is 7.53. The van der Waals surface area contributed by atoms with Gasteiger partial charge >= 0.3 is 6.03 Å². The normalized spacial score (nSPS) is 20.1. The number of nitrogens with one attached hydrogen (secondary N) is 2. The lowest BCUT2D eigenvalue weighted by Crippen LogP contribution is -2.70. The molecular formula is C11H16N4O. The summed E-state index contributed by atoms with van der Waals surface area (Å²) in [5, 5.41) is 2.95. The highest BCUT2D eigenvalue weighted by Gasteiger charge is 2.36. The van der Waals surface area contributed by atoms with Crippen LogP contribution < -0.4 is 10.9 Å². The van der Waals surface area contributed by atoms with E-state index in [2.05, 4.69) is 10.9 Å². The number of carbonyl (C=O) groups is 1. The van der Waals surface area contributed by atoms with Crippen molar-refractivity contribution in [1.82, 2.24) is 20.9 Å². The molecule has 1 aromatic carbocycles. The lowest BCUT2D eigenvalue weighted by Gasteiger charge is -2.45. The van der Waals surface area contributed by atoms with Gasteiger partial charge in [-0.05, 0) is 12.5 Å². The Bertz CT molecular complexity index is 378. The van der Waals surface area contributed by atoms with Crippen LogP contribution in [-0.4, -0.2) is 30.1 Å². The Kier molecular flexibility index (Phi) is 2.57. The van der Waals surface area contributed by atoms with Crippen molar-refractivity contribution in [2.45, 2.75) is 12.6 Å². The third-order valence-corrected chi connectivity index (χ3v) is 2.71. The summed E-state index contributed by atoms with van der Waals surface area (Å²) < 4.78 is 0. The van der Waals surface area contributed by atoms with E-state index < -0.39 is 5.66 Å². The molecule has 1 aromatic rings. The van der Waals surface area contributed by atoms with Crippen LogP contribution in [0.1, 0.15) is 12.5 Å². The highest BCUT2D eigenvalue weighted by Crippen LogP contribution is 2.20. The molecular weight excluding hydrogens is 204 g/mol. The van der Waals surface area contributed by atoms with Crippen LogP contribution in [0.5, 0.6) is 0 Å². The van der Waals surface area contributed by atoms with Crippen molar-refractivity contribution in [3.8, 4) is 0 Å². The lowest BCUT2D eigenvalue weighted by atomic mass is 10.0. The average molecular weight is 220 g/mol. The molecule has 16 heavy (non-hydrogen) atoms. The van der Waals surface area contributed by atoms with Crippen LogP contribution in [0.2, 0.25) is 0 Å². The fraction of sp³-hybridized carbons (Fsp3) is 0.364. The van der Waals surface area contributed by atoms with Crippen LogP contribution in [0.15, 0.2) is 30.3 Å². The molecule has 2 amide bonds. The van der Waals surface area contributed by atoms with E-state index in [1.54, 1.807) is 14.1 Å². The van der Waals surface area contributed by atoms with E-state index in [0.29, 0.717) is 0 Å². The number of hydrazine groups is 2. The average Bonchev–Trinajstić information content (AvgIpc) is 2.27. The predicted molar refractivity (Wildman–Crippen MR) is 61.0 cm³/mol. The minimum absolute atomic E-state index is 0.117. The maximum absolute atomic E-state index is 11.6. The molecule has 1 heterocycles. The van der Waals surface area contributed by atoms with Gasteiger partial charge in [0.15, 0.2) is 0 Å². The highest BCUT2D eigenvalue weighted by atomic mass is 16.2.